The molecule has 0 fully saturated rings. The number of esters is 1. The average molecular weight is 456 g/mol. The molecule has 1 unspecified atom stereocenters. The van der Waals surface area contributed by atoms with Crippen LogP contribution in [0.1, 0.15) is 24.5 Å². The Morgan fingerprint density at radius 3 is 2.06 bits per heavy atom. The lowest BCUT2D eigenvalue weighted by Crippen LogP contribution is -2.49. The minimum Gasteiger partial charge on any atom is -0.484 e. The largest absolute Gasteiger partial charge is 0.484 e. The second-order valence-electron chi connectivity index (χ2n) is 6.61. The monoisotopic (exact) mass is 456 g/mol. The molecule has 2 aromatic rings. The number of methoxy groups -OCH3 is 1. The van der Waals surface area contributed by atoms with Gasteiger partial charge in [0.2, 0.25) is 0 Å². The van der Waals surface area contributed by atoms with Crippen molar-refractivity contribution >= 4 is 17.8 Å². The molecule has 32 heavy (non-hydrogen) atoms. The van der Waals surface area contributed by atoms with E-state index >= 15 is 0 Å². The van der Waals surface area contributed by atoms with E-state index in [9.17, 15) is 26.7 Å². The van der Waals surface area contributed by atoms with Crippen molar-refractivity contribution in [2.24, 2.45) is 0 Å². The Bertz CT molecular complexity index is 948. The van der Waals surface area contributed by atoms with Crippen molar-refractivity contribution in [1.29, 1.82) is 0 Å². The van der Waals surface area contributed by atoms with Crippen LogP contribution < -0.4 is 9.47 Å². The smallest absolute Gasteiger partial charge is 0.457 e. The van der Waals surface area contributed by atoms with Crippen LogP contribution >= 0.6 is 0 Å². The number of hydrogen-bond donors (Lipinski definition) is 0. The summed E-state index contributed by atoms with van der Waals surface area (Å²) in [5.41, 5.74) is 1.38. The van der Waals surface area contributed by atoms with E-state index in [1.807, 2.05) is 0 Å². The van der Waals surface area contributed by atoms with Crippen LogP contribution in [-0.4, -0.2) is 31.3 Å². The molecular weight excluding hydrogens is 435 g/mol. The van der Waals surface area contributed by atoms with Gasteiger partial charge in [0, 0.05) is 11.6 Å². The number of carbonyl (C=O) groups is 1. The van der Waals surface area contributed by atoms with E-state index in [1.165, 1.54) is 44.4 Å². The number of benzene rings is 2. The van der Waals surface area contributed by atoms with Gasteiger partial charge in [0.1, 0.15) is 17.3 Å². The lowest BCUT2D eigenvalue weighted by Gasteiger charge is -2.28. The molecule has 172 valence electrons. The third-order valence-corrected chi connectivity index (χ3v) is 4.34. The summed E-state index contributed by atoms with van der Waals surface area (Å²) in [6.45, 7) is 4.99. The summed E-state index contributed by atoms with van der Waals surface area (Å²) in [4.78, 5) is 11.1. The van der Waals surface area contributed by atoms with Crippen LogP contribution in [0.25, 0.3) is 11.8 Å². The van der Waals surface area contributed by atoms with Gasteiger partial charge in [-0.15, -0.1) is 0 Å². The molecule has 0 saturated carbocycles. The van der Waals surface area contributed by atoms with Crippen LogP contribution in [0.15, 0.2) is 61.2 Å². The quantitative estimate of drug-likeness (QED) is 0.193. The number of hydrogen-bond acceptors (Lipinski definition) is 4. The van der Waals surface area contributed by atoms with Gasteiger partial charge in [-0.25, -0.2) is 4.79 Å². The predicted molar refractivity (Wildman–Crippen MR) is 109 cm³/mol. The first kappa shape index (κ1) is 24.9. The van der Waals surface area contributed by atoms with Crippen molar-refractivity contribution in [3.63, 3.8) is 0 Å². The van der Waals surface area contributed by atoms with Gasteiger partial charge in [-0.1, -0.05) is 37.8 Å². The Hall–Kier alpha value is -3.36. The van der Waals surface area contributed by atoms with E-state index in [0.29, 0.717) is 5.56 Å². The molecule has 0 aromatic heterocycles. The van der Waals surface area contributed by atoms with Crippen molar-refractivity contribution in [3.8, 4) is 11.5 Å². The molecule has 0 bridgehead atoms. The zero-order valence-corrected chi connectivity index (χ0v) is 17.3. The molecule has 0 amide bonds. The number of rotatable bonds is 9. The second-order valence-corrected chi connectivity index (χ2v) is 6.61. The highest BCUT2D eigenvalue weighted by atomic mass is 19.4. The number of halogens is 5. The van der Waals surface area contributed by atoms with Gasteiger partial charge in [-0.3, -0.25) is 0 Å². The standard InChI is InChI=1S/C23H21F5O4/c1-4-20(22(24,25)23(26,27)28)32-19-12-10-18(11-13-19)31-15(2)17-8-5-16(6-9-17)7-14-21(29)30-3/h5-14,20H,2,4H2,1,3H3/b14-7+. The highest BCUT2D eigenvalue weighted by Crippen LogP contribution is 2.40. The highest BCUT2D eigenvalue weighted by molar-refractivity contribution is 5.87. The Kier molecular flexibility index (Phi) is 8.02. The third-order valence-electron chi connectivity index (χ3n) is 4.34. The Morgan fingerprint density at radius 1 is 1.00 bits per heavy atom. The zero-order chi connectivity index (χ0) is 23.9. The first-order valence-corrected chi connectivity index (χ1v) is 9.42. The summed E-state index contributed by atoms with van der Waals surface area (Å²) in [6, 6.07) is 12.1. The van der Waals surface area contributed by atoms with Gasteiger partial charge < -0.3 is 14.2 Å². The van der Waals surface area contributed by atoms with Crippen molar-refractivity contribution in [2.45, 2.75) is 31.5 Å². The van der Waals surface area contributed by atoms with Crippen LogP contribution in [0.3, 0.4) is 0 Å². The third kappa shape index (κ3) is 6.32. The summed E-state index contributed by atoms with van der Waals surface area (Å²) in [5.74, 6) is -5.06. The average Bonchev–Trinajstić information content (AvgIpc) is 2.76. The van der Waals surface area contributed by atoms with Crippen LogP contribution in [0.2, 0.25) is 0 Å². The van der Waals surface area contributed by atoms with Gasteiger partial charge in [-0.05, 0) is 42.3 Å². The van der Waals surface area contributed by atoms with Gasteiger partial charge in [-0.2, -0.15) is 22.0 Å². The van der Waals surface area contributed by atoms with Gasteiger partial charge in [0.15, 0.2) is 6.10 Å². The van der Waals surface area contributed by atoms with Gasteiger partial charge in [0.05, 0.1) is 7.11 Å². The summed E-state index contributed by atoms with van der Waals surface area (Å²) in [5, 5.41) is 0. The maximum atomic E-state index is 13.5. The minimum absolute atomic E-state index is 0.152. The molecule has 9 heteroatoms. The zero-order valence-electron chi connectivity index (χ0n) is 17.3. The Morgan fingerprint density at radius 2 is 1.56 bits per heavy atom. The normalized spacial score (nSPS) is 13.0. The lowest BCUT2D eigenvalue weighted by molar-refractivity contribution is -0.309. The van der Waals surface area contributed by atoms with E-state index in [-0.39, 0.29) is 17.3 Å². The number of alkyl halides is 5. The molecule has 0 aliphatic rings. The van der Waals surface area contributed by atoms with Crippen molar-refractivity contribution in [3.05, 3.63) is 72.3 Å². The molecule has 0 heterocycles. The van der Waals surface area contributed by atoms with Crippen LogP contribution in [0, 0.1) is 0 Å². The molecule has 2 rings (SSSR count). The first-order chi connectivity index (χ1) is 15.0. The predicted octanol–water partition coefficient (Wildman–Crippen LogP) is 6.28. The molecule has 0 aliphatic carbocycles. The minimum atomic E-state index is -5.71. The number of ether oxygens (including phenoxy) is 3. The maximum Gasteiger partial charge on any atom is 0.457 e. The molecule has 2 aromatic carbocycles. The van der Waals surface area contributed by atoms with Crippen molar-refractivity contribution in [2.75, 3.05) is 7.11 Å². The summed E-state index contributed by atoms with van der Waals surface area (Å²) < 4.78 is 79.8. The molecule has 4 nitrogen and oxygen atoms in total. The fourth-order valence-corrected chi connectivity index (χ4v) is 2.56. The second kappa shape index (κ2) is 10.3. The topological polar surface area (TPSA) is 44.8 Å². The lowest BCUT2D eigenvalue weighted by atomic mass is 10.1. The van der Waals surface area contributed by atoms with Crippen molar-refractivity contribution < 1.29 is 41.0 Å². The van der Waals surface area contributed by atoms with E-state index in [4.69, 9.17) is 9.47 Å². The van der Waals surface area contributed by atoms with Gasteiger partial charge >= 0.3 is 18.1 Å². The van der Waals surface area contributed by atoms with E-state index in [0.717, 1.165) is 5.56 Å². The Balaban J connectivity index is 2.02. The molecule has 0 aliphatic heterocycles. The van der Waals surface area contributed by atoms with E-state index in [2.05, 4.69) is 11.3 Å². The first-order valence-electron chi connectivity index (χ1n) is 9.42. The Labute approximate surface area is 181 Å². The van der Waals surface area contributed by atoms with Crippen LogP contribution in [-0.2, 0) is 9.53 Å². The SMILES string of the molecule is C=C(Oc1ccc(OC(CC)C(F)(F)C(F)(F)F)cc1)c1ccc(/C=C/C(=O)OC)cc1. The number of carbonyl (C=O) groups excluding carboxylic acids is 1. The van der Waals surface area contributed by atoms with E-state index < -0.39 is 30.6 Å². The van der Waals surface area contributed by atoms with Crippen LogP contribution in [0.4, 0.5) is 22.0 Å². The molecule has 0 spiro atoms. The fourth-order valence-electron chi connectivity index (χ4n) is 2.56. The highest BCUT2D eigenvalue weighted by Gasteiger charge is 2.63. The summed E-state index contributed by atoms with van der Waals surface area (Å²) in [6.07, 6.45) is -5.75. The van der Waals surface area contributed by atoms with Gasteiger partial charge in [0.25, 0.3) is 0 Å². The summed E-state index contributed by atoms with van der Waals surface area (Å²) >= 11 is 0. The molecule has 0 radical (unpaired) electrons. The van der Waals surface area contributed by atoms with Crippen LogP contribution in [0.5, 0.6) is 11.5 Å². The van der Waals surface area contributed by atoms with E-state index in [1.54, 1.807) is 30.3 Å². The molecule has 0 saturated heterocycles. The fraction of sp³-hybridized carbons (Fsp3) is 0.261. The van der Waals surface area contributed by atoms with Crippen molar-refractivity contribution in [1.82, 2.24) is 0 Å². The summed E-state index contributed by atoms with van der Waals surface area (Å²) in [7, 11) is 1.27. The molecular formula is C23H21F5O4. The maximum absolute atomic E-state index is 13.5. The molecule has 1 atom stereocenters. The molecule has 0 N–H and O–H groups in total.